The molecule has 0 radical (unpaired) electrons. The maximum absolute atomic E-state index is 12.7. The first-order valence-electron chi connectivity index (χ1n) is 9.22. The molecule has 0 bridgehead atoms. The van der Waals surface area contributed by atoms with Gasteiger partial charge in [0, 0.05) is 53.0 Å². The summed E-state index contributed by atoms with van der Waals surface area (Å²) in [7, 11) is -1.19. The maximum Gasteiger partial charge on any atom is 0.274 e. The standard InChI is InChI=1S/C20H23N3O4S/c1-3-28(21,25)14-4-5-18(27-13-7-9-26-12-13)16(10-14)17-11-23(2)20(24)19-15(17)6-8-22-19/h4-6,8,10-11,13,21-22H,3,7,9,12H2,1-2H3. The fourth-order valence-electron chi connectivity index (χ4n) is 3.46. The molecule has 0 spiro atoms. The summed E-state index contributed by atoms with van der Waals surface area (Å²) in [5.74, 6) is 0.863. The molecule has 148 valence electrons. The van der Waals surface area contributed by atoms with E-state index in [2.05, 4.69) is 4.98 Å². The van der Waals surface area contributed by atoms with Crippen LogP contribution in [0.2, 0.25) is 0 Å². The van der Waals surface area contributed by atoms with E-state index in [0.717, 1.165) is 22.9 Å². The van der Waals surface area contributed by atoms with Gasteiger partial charge in [0.05, 0.1) is 22.9 Å². The molecule has 2 unspecified atom stereocenters. The summed E-state index contributed by atoms with van der Waals surface area (Å²) >= 11 is 0. The average molecular weight is 401 g/mol. The number of H-pyrrole nitrogens is 1. The molecule has 3 heterocycles. The SMILES string of the molecule is CCS(=N)(=O)c1ccc(OC2CCOC2)c(-c2cn(C)c(=O)c3[nH]ccc23)c1. The van der Waals surface area contributed by atoms with Crippen LogP contribution in [0.15, 0.2) is 46.3 Å². The van der Waals surface area contributed by atoms with Gasteiger partial charge in [-0.25, -0.2) is 8.99 Å². The third kappa shape index (κ3) is 3.22. The zero-order valence-corrected chi connectivity index (χ0v) is 16.7. The molecule has 2 atom stereocenters. The van der Waals surface area contributed by atoms with Crippen LogP contribution in [0.3, 0.4) is 0 Å². The highest BCUT2D eigenvalue weighted by atomic mass is 32.2. The van der Waals surface area contributed by atoms with Crippen LogP contribution in [-0.2, 0) is 21.5 Å². The fourth-order valence-corrected chi connectivity index (χ4v) is 4.39. The Bertz CT molecular complexity index is 1190. The van der Waals surface area contributed by atoms with Gasteiger partial charge in [0.25, 0.3) is 5.56 Å². The molecular weight excluding hydrogens is 378 g/mol. The summed E-state index contributed by atoms with van der Waals surface area (Å²) in [5, 5.41) is 0.765. The summed E-state index contributed by atoms with van der Waals surface area (Å²) in [4.78, 5) is 15.9. The first-order valence-corrected chi connectivity index (χ1v) is 11.0. The van der Waals surface area contributed by atoms with Crippen molar-refractivity contribution in [1.29, 1.82) is 4.78 Å². The molecular formula is C20H23N3O4S. The van der Waals surface area contributed by atoms with E-state index in [1.807, 2.05) is 6.07 Å². The first-order chi connectivity index (χ1) is 13.4. The zero-order chi connectivity index (χ0) is 19.9. The number of aromatic amines is 1. The topological polar surface area (TPSA) is 97.2 Å². The molecule has 1 aliphatic rings. The van der Waals surface area contributed by atoms with E-state index in [0.29, 0.717) is 29.4 Å². The lowest BCUT2D eigenvalue weighted by Gasteiger charge is -2.18. The number of nitrogens with one attached hydrogen (secondary N) is 2. The Kier molecular flexibility index (Phi) is 4.76. The maximum atomic E-state index is 12.7. The van der Waals surface area contributed by atoms with E-state index < -0.39 is 9.73 Å². The molecule has 1 aliphatic heterocycles. The Morgan fingerprint density at radius 3 is 2.89 bits per heavy atom. The second-order valence-corrected chi connectivity index (χ2v) is 9.35. The van der Waals surface area contributed by atoms with Gasteiger partial charge in [0.2, 0.25) is 0 Å². The number of hydrogen-bond donors (Lipinski definition) is 2. The van der Waals surface area contributed by atoms with Crippen molar-refractivity contribution in [2.75, 3.05) is 19.0 Å². The molecule has 4 rings (SSSR count). The van der Waals surface area contributed by atoms with Gasteiger partial charge in [-0.15, -0.1) is 0 Å². The van der Waals surface area contributed by atoms with Crippen LogP contribution in [0.25, 0.3) is 22.0 Å². The van der Waals surface area contributed by atoms with Crippen molar-refractivity contribution < 1.29 is 13.7 Å². The van der Waals surface area contributed by atoms with E-state index in [-0.39, 0.29) is 17.4 Å². The molecule has 2 N–H and O–H groups in total. The third-order valence-electron chi connectivity index (χ3n) is 5.10. The fraction of sp³-hybridized carbons (Fsp3) is 0.350. The molecule has 2 aromatic heterocycles. The molecule has 8 heteroatoms. The van der Waals surface area contributed by atoms with Crippen LogP contribution in [0.5, 0.6) is 5.75 Å². The van der Waals surface area contributed by atoms with Crippen molar-refractivity contribution in [3.05, 3.63) is 47.0 Å². The van der Waals surface area contributed by atoms with Crippen LogP contribution in [0, 0.1) is 4.78 Å². The Balaban J connectivity index is 1.95. The molecule has 0 amide bonds. The van der Waals surface area contributed by atoms with Crippen LogP contribution >= 0.6 is 0 Å². The zero-order valence-electron chi connectivity index (χ0n) is 15.9. The highest BCUT2D eigenvalue weighted by molar-refractivity contribution is 7.92. The molecule has 1 aromatic carbocycles. The minimum Gasteiger partial charge on any atom is -0.487 e. The normalized spacial score (nSPS) is 19.0. The van der Waals surface area contributed by atoms with Gasteiger partial charge in [-0.1, -0.05) is 6.92 Å². The van der Waals surface area contributed by atoms with E-state index in [9.17, 15) is 9.00 Å². The lowest BCUT2D eigenvalue weighted by Crippen LogP contribution is -2.18. The van der Waals surface area contributed by atoms with E-state index in [1.54, 1.807) is 44.6 Å². The second kappa shape index (κ2) is 7.10. The van der Waals surface area contributed by atoms with Crippen molar-refractivity contribution in [1.82, 2.24) is 9.55 Å². The summed E-state index contributed by atoms with van der Waals surface area (Å²) in [6.45, 7) is 2.93. The Morgan fingerprint density at radius 2 is 2.18 bits per heavy atom. The number of fused-ring (bicyclic) bond motifs is 1. The van der Waals surface area contributed by atoms with Gasteiger partial charge < -0.3 is 19.0 Å². The number of hydrogen-bond acceptors (Lipinski definition) is 5. The number of aromatic nitrogens is 2. The van der Waals surface area contributed by atoms with Crippen LogP contribution < -0.4 is 10.3 Å². The predicted octanol–water partition coefficient (Wildman–Crippen LogP) is 3.13. The van der Waals surface area contributed by atoms with E-state index >= 15 is 0 Å². The third-order valence-corrected chi connectivity index (χ3v) is 6.93. The average Bonchev–Trinajstić information content (AvgIpc) is 3.37. The molecule has 7 nitrogen and oxygen atoms in total. The molecule has 1 fully saturated rings. The van der Waals surface area contributed by atoms with Gasteiger partial charge in [-0.2, -0.15) is 0 Å². The van der Waals surface area contributed by atoms with Gasteiger partial charge in [0.15, 0.2) is 0 Å². The molecule has 28 heavy (non-hydrogen) atoms. The Morgan fingerprint density at radius 1 is 1.36 bits per heavy atom. The lowest BCUT2D eigenvalue weighted by molar-refractivity contribution is 0.141. The summed E-state index contributed by atoms with van der Waals surface area (Å²) < 4.78 is 34.0. The predicted molar refractivity (Wildman–Crippen MR) is 108 cm³/mol. The van der Waals surface area contributed by atoms with Gasteiger partial charge in [-0.3, -0.25) is 4.79 Å². The summed E-state index contributed by atoms with van der Waals surface area (Å²) in [5.41, 5.74) is 1.89. The monoisotopic (exact) mass is 401 g/mol. The number of nitrogens with zero attached hydrogens (tertiary/aromatic N) is 1. The second-order valence-electron chi connectivity index (χ2n) is 6.95. The number of pyridine rings is 1. The number of ether oxygens (including phenoxy) is 2. The van der Waals surface area contributed by atoms with Crippen LogP contribution in [0.4, 0.5) is 0 Å². The molecule has 1 saturated heterocycles. The van der Waals surface area contributed by atoms with Crippen LogP contribution in [-0.4, -0.2) is 38.8 Å². The highest BCUT2D eigenvalue weighted by Crippen LogP contribution is 2.37. The van der Waals surface area contributed by atoms with Crippen molar-refractivity contribution in [2.45, 2.75) is 24.3 Å². The Hall–Kier alpha value is -2.58. The minimum absolute atomic E-state index is 0.0506. The van der Waals surface area contributed by atoms with Crippen molar-refractivity contribution in [3.8, 4) is 16.9 Å². The molecule has 0 aliphatic carbocycles. The molecule has 0 saturated carbocycles. The largest absolute Gasteiger partial charge is 0.487 e. The molecule has 3 aromatic rings. The van der Waals surface area contributed by atoms with Gasteiger partial charge >= 0.3 is 0 Å². The summed E-state index contributed by atoms with van der Waals surface area (Å²) in [6.07, 6.45) is 4.24. The highest BCUT2D eigenvalue weighted by Gasteiger charge is 2.22. The van der Waals surface area contributed by atoms with Crippen molar-refractivity contribution >= 4 is 20.6 Å². The smallest absolute Gasteiger partial charge is 0.274 e. The summed E-state index contributed by atoms with van der Waals surface area (Å²) in [6, 6.07) is 7.08. The number of benzene rings is 1. The van der Waals surface area contributed by atoms with Gasteiger partial charge in [-0.05, 0) is 24.3 Å². The van der Waals surface area contributed by atoms with Crippen molar-refractivity contribution in [3.63, 3.8) is 0 Å². The van der Waals surface area contributed by atoms with Crippen LogP contribution in [0.1, 0.15) is 13.3 Å². The van der Waals surface area contributed by atoms with E-state index in [1.165, 1.54) is 4.57 Å². The Labute approximate surface area is 163 Å². The minimum atomic E-state index is -2.89. The number of aryl methyl sites for hydroxylation is 1. The van der Waals surface area contributed by atoms with Gasteiger partial charge in [0.1, 0.15) is 17.4 Å². The lowest BCUT2D eigenvalue weighted by atomic mass is 10.0. The quantitative estimate of drug-likeness (QED) is 0.686. The first kappa shape index (κ1) is 18.8. The number of rotatable bonds is 5. The van der Waals surface area contributed by atoms with Crippen molar-refractivity contribution in [2.24, 2.45) is 7.05 Å². The van der Waals surface area contributed by atoms with E-state index in [4.69, 9.17) is 14.3 Å².